The lowest BCUT2D eigenvalue weighted by Crippen LogP contribution is -2.49. The number of halogens is 1. The maximum absolute atomic E-state index is 11.4. The normalized spacial score (nSPS) is 15.5. The number of urea groups is 1. The number of rotatable bonds is 2. The Kier molecular flexibility index (Phi) is 3.08. The Hall–Kier alpha value is -1.26. The monoisotopic (exact) mass is 226 g/mol. The molecule has 5 heteroatoms. The van der Waals surface area contributed by atoms with Gasteiger partial charge in [-0.2, -0.15) is 0 Å². The zero-order valence-electron chi connectivity index (χ0n) is 8.00. The summed E-state index contributed by atoms with van der Waals surface area (Å²) in [6.45, 7) is 1.18. The van der Waals surface area contributed by atoms with Crippen molar-refractivity contribution in [1.29, 1.82) is 0 Å². The van der Waals surface area contributed by atoms with Crippen molar-refractivity contribution in [2.45, 2.75) is 6.04 Å². The molecule has 1 saturated heterocycles. The Morgan fingerprint density at radius 1 is 1.33 bits per heavy atom. The summed E-state index contributed by atoms with van der Waals surface area (Å²) in [5.74, 6) is 0. The van der Waals surface area contributed by atoms with Gasteiger partial charge in [0.15, 0.2) is 0 Å². The smallest absolute Gasteiger partial charge is 0.319 e. The molecular formula is C10H11ClN2O2. The predicted octanol–water partition coefficient (Wildman–Crippen LogP) is 1.86. The average Bonchev–Trinajstić information content (AvgIpc) is 2.16. The van der Waals surface area contributed by atoms with Crippen LogP contribution in [0.5, 0.6) is 0 Å². The van der Waals surface area contributed by atoms with Gasteiger partial charge in [0.25, 0.3) is 0 Å². The van der Waals surface area contributed by atoms with Crippen LogP contribution in [-0.2, 0) is 4.74 Å². The first-order valence-corrected chi connectivity index (χ1v) is 5.02. The van der Waals surface area contributed by atoms with Crippen LogP contribution in [0.2, 0.25) is 5.02 Å². The molecule has 0 bridgehead atoms. The quantitative estimate of drug-likeness (QED) is 0.809. The number of hydrogen-bond donors (Lipinski definition) is 2. The first kappa shape index (κ1) is 10.3. The summed E-state index contributed by atoms with van der Waals surface area (Å²) in [4.78, 5) is 11.4. The van der Waals surface area contributed by atoms with E-state index in [-0.39, 0.29) is 12.1 Å². The molecule has 0 spiro atoms. The molecule has 1 aliphatic rings. The summed E-state index contributed by atoms with van der Waals surface area (Å²) >= 11 is 5.72. The number of anilines is 1. The largest absolute Gasteiger partial charge is 0.377 e. The maximum Gasteiger partial charge on any atom is 0.319 e. The van der Waals surface area contributed by atoms with Crippen LogP contribution in [0.4, 0.5) is 10.5 Å². The van der Waals surface area contributed by atoms with Crippen LogP contribution >= 0.6 is 11.6 Å². The van der Waals surface area contributed by atoms with Gasteiger partial charge in [-0.3, -0.25) is 0 Å². The number of carbonyl (C=O) groups is 1. The molecule has 0 radical (unpaired) electrons. The van der Waals surface area contributed by atoms with Crippen LogP contribution in [0.25, 0.3) is 0 Å². The first-order chi connectivity index (χ1) is 7.24. The van der Waals surface area contributed by atoms with E-state index >= 15 is 0 Å². The summed E-state index contributed by atoms with van der Waals surface area (Å²) < 4.78 is 4.94. The standard InChI is InChI=1S/C10H11ClN2O2/c11-7-1-3-8(4-2-7)12-10(14)13-9-5-15-6-9/h1-4,9H,5-6H2,(H2,12,13,14). The van der Waals surface area contributed by atoms with Crippen LogP contribution < -0.4 is 10.6 Å². The maximum atomic E-state index is 11.4. The Labute approximate surface area is 92.6 Å². The minimum absolute atomic E-state index is 0.136. The number of carbonyl (C=O) groups excluding carboxylic acids is 1. The fourth-order valence-electron chi connectivity index (χ4n) is 1.20. The molecule has 1 heterocycles. The lowest BCUT2D eigenvalue weighted by molar-refractivity contribution is 0.000735. The summed E-state index contributed by atoms with van der Waals surface area (Å²) in [5, 5.41) is 6.12. The number of nitrogens with one attached hydrogen (secondary N) is 2. The van der Waals surface area contributed by atoms with E-state index in [1.54, 1.807) is 24.3 Å². The first-order valence-electron chi connectivity index (χ1n) is 4.65. The molecule has 0 unspecified atom stereocenters. The Balaban J connectivity index is 1.84. The van der Waals surface area contributed by atoms with E-state index < -0.39 is 0 Å². The van der Waals surface area contributed by atoms with Crippen LogP contribution in [0, 0.1) is 0 Å². The van der Waals surface area contributed by atoms with Gasteiger partial charge in [-0.1, -0.05) is 11.6 Å². The lowest BCUT2D eigenvalue weighted by Gasteiger charge is -2.26. The minimum Gasteiger partial charge on any atom is -0.377 e. The average molecular weight is 227 g/mol. The molecule has 15 heavy (non-hydrogen) atoms. The van der Waals surface area contributed by atoms with Crippen molar-refractivity contribution in [3.8, 4) is 0 Å². The second kappa shape index (κ2) is 4.51. The highest BCUT2D eigenvalue weighted by atomic mass is 35.5. The van der Waals surface area contributed by atoms with Crippen molar-refractivity contribution in [2.75, 3.05) is 18.5 Å². The third kappa shape index (κ3) is 2.84. The van der Waals surface area contributed by atoms with Gasteiger partial charge >= 0.3 is 6.03 Å². The van der Waals surface area contributed by atoms with E-state index in [0.29, 0.717) is 18.2 Å². The molecule has 1 aliphatic heterocycles. The SMILES string of the molecule is O=C(Nc1ccc(Cl)cc1)NC1COC1. The highest BCUT2D eigenvalue weighted by Crippen LogP contribution is 2.13. The molecule has 0 atom stereocenters. The van der Waals surface area contributed by atoms with Crippen molar-refractivity contribution < 1.29 is 9.53 Å². The highest BCUT2D eigenvalue weighted by molar-refractivity contribution is 6.30. The second-order valence-corrected chi connectivity index (χ2v) is 3.78. The molecule has 0 aromatic heterocycles. The molecule has 1 fully saturated rings. The van der Waals surface area contributed by atoms with E-state index in [2.05, 4.69) is 10.6 Å². The molecule has 0 saturated carbocycles. The molecule has 2 rings (SSSR count). The highest BCUT2D eigenvalue weighted by Gasteiger charge is 2.19. The summed E-state index contributed by atoms with van der Waals surface area (Å²) in [7, 11) is 0. The zero-order valence-corrected chi connectivity index (χ0v) is 8.75. The Morgan fingerprint density at radius 3 is 2.53 bits per heavy atom. The molecule has 0 aliphatic carbocycles. The topological polar surface area (TPSA) is 50.4 Å². The minimum atomic E-state index is -0.217. The van der Waals surface area contributed by atoms with Crippen molar-refractivity contribution in [1.82, 2.24) is 5.32 Å². The Morgan fingerprint density at radius 2 is 2.00 bits per heavy atom. The van der Waals surface area contributed by atoms with Gasteiger partial charge in [0, 0.05) is 10.7 Å². The molecular weight excluding hydrogens is 216 g/mol. The van der Waals surface area contributed by atoms with Gasteiger partial charge in [0.05, 0.1) is 19.3 Å². The van der Waals surface area contributed by atoms with Crippen molar-refractivity contribution >= 4 is 23.3 Å². The van der Waals surface area contributed by atoms with E-state index in [4.69, 9.17) is 16.3 Å². The van der Waals surface area contributed by atoms with Gasteiger partial charge in [-0.15, -0.1) is 0 Å². The third-order valence-corrected chi connectivity index (χ3v) is 2.33. The van der Waals surface area contributed by atoms with Crippen LogP contribution in [-0.4, -0.2) is 25.3 Å². The van der Waals surface area contributed by atoms with E-state index in [1.807, 2.05) is 0 Å². The van der Waals surface area contributed by atoms with Crippen molar-refractivity contribution in [2.24, 2.45) is 0 Å². The van der Waals surface area contributed by atoms with Crippen LogP contribution in [0.15, 0.2) is 24.3 Å². The molecule has 2 amide bonds. The molecule has 2 N–H and O–H groups in total. The summed E-state index contributed by atoms with van der Waals surface area (Å²) in [6.07, 6.45) is 0. The van der Waals surface area contributed by atoms with Gasteiger partial charge < -0.3 is 15.4 Å². The number of hydrogen-bond acceptors (Lipinski definition) is 2. The fraction of sp³-hybridized carbons (Fsp3) is 0.300. The summed E-state index contributed by atoms with van der Waals surface area (Å²) in [6, 6.07) is 6.87. The van der Waals surface area contributed by atoms with E-state index in [9.17, 15) is 4.79 Å². The van der Waals surface area contributed by atoms with Gasteiger partial charge in [-0.05, 0) is 24.3 Å². The molecule has 80 valence electrons. The third-order valence-electron chi connectivity index (χ3n) is 2.08. The second-order valence-electron chi connectivity index (χ2n) is 3.34. The van der Waals surface area contributed by atoms with Crippen molar-refractivity contribution in [3.63, 3.8) is 0 Å². The summed E-state index contributed by atoms with van der Waals surface area (Å²) in [5.41, 5.74) is 0.720. The van der Waals surface area contributed by atoms with Gasteiger partial charge in [0.2, 0.25) is 0 Å². The van der Waals surface area contributed by atoms with Crippen LogP contribution in [0.3, 0.4) is 0 Å². The molecule has 1 aromatic rings. The van der Waals surface area contributed by atoms with Crippen LogP contribution in [0.1, 0.15) is 0 Å². The predicted molar refractivity (Wildman–Crippen MR) is 58.2 cm³/mol. The Bertz CT molecular complexity index is 349. The van der Waals surface area contributed by atoms with Gasteiger partial charge in [-0.25, -0.2) is 4.79 Å². The van der Waals surface area contributed by atoms with Crippen molar-refractivity contribution in [3.05, 3.63) is 29.3 Å². The number of amides is 2. The fourth-order valence-corrected chi connectivity index (χ4v) is 1.33. The lowest BCUT2D eigenvalue weighted by atomic mass is 10.3. The van der Waals surface area contributed by atoms with E-state index in [0.717, 1.165) is 5.69 Å². The van der Waals surface area contributed by atoms with Gasteiger partial charge in [0.1, 0.15) is 0 Å². The molecule has 1 aromatic carbocycles. The molecule has 4 nitrogen and oxygen atoms in total. The zero-order chi connectivity index (χ0) is 10.7. The number of ether oxygens (including phenoxy) is 1. The number of benzene rings is 1. The van der Waals surface area contributed by atoms with E-state index in [1.165, 1.54) is 0 Å².